The third-order valence-electron chi connectivity index (χ3n) is 7.44. The maximum absolute atomic E-state index is 14.3. The lowest BCUT2D eigenvalue weighted by molar-refractivity contribution is -0.146. The van der Waals surface area contributed by atoms with Crippen molar-refractivity contribution in [2.45, 2.75) is 115 Å². The van der Waals surface area contributed by atoms with Crippen LogP contribution in [0.3, 0.4) is 0 Å². The van der Waals surface area contributed by atoms with Crippen LogP contribution in [0.1, 0.15) is 108 Å². The van der Waals surface area contributed by atoms with Gasteiger partial charge < -0.3 is 5.11 Å². The zero-order valence-electron chi connectivity index (χ0n) is 21.1. The number of carbonyl (C=O) groups is 1. The summed E-state index contributed by atoms with van der Waals surface area (Å²) < 4.78 is 14.3. The van der Waals surface area contributed by atoms with E-state index in [1.54, 1.807) is 0 Å². The minimum absolute atomic E-state index is 0.219. The molecule has 1 fully saturated rings. The number of hydrogen-bond acceptors (Lipinski definition) is 3. The molecule has 1 N–H and O–H groups in total. The topological polar surface area (TPSA) is 50.2 Å². The summed E-state index contributed by atoms with van der Waals surface area (Å²) in [6, 6.07) is 12.8. The molecule has 186 valence electrons. The average molecular weight is 468 g/mol. The number of benzene rings is 1. The Labute approximate surface area is 205 Å². The number of nitrogens with zero attached hydrogens (tertiary/aromatic N) is 1. The fraction of sp³-hybridized carbons (Fsp3) is 0.600. The van der Waals surface area contributed by atoms with E-state index in [0.29, 0.717) is 38.0 Å². The maximum atomic E-state index is 14.3. The van der Waals surface area contributed by atoms with E-state index in [9.17, 15) is 14.3 Å². The first-order chi connectivity index (χ1) is 16.5. The van der Waals surface area contributed by atoms with Crippen molar-refractivity contribution in [1.82, 2.24) is 4.98 Å². The predicted molar refractivity (Wildman–Crippen MR) is 138 cm³/mol. The second-order valence-electron chi connectivity index (χ2n) is 10.1. The van der Waals surface area contributed by atoms with Gasteiger partial charge in [-0.05, 0) is 68.1 Å². The molecule has 34 heavy (non-hydrogen) atoms. The van der Waals surface area contributed by atoms with Gasteiger partial charge in [0.25, 0.3) is 0 Å². The first-order valence-electron chi connectivity index (χ1n) is 13.4. The quantitative estimate of drug-likeness (QED) is 0.306. The predicted octanol–water partition coefficient (Wildman–Crippen LogP) is 7.75. The number of alkyl halides is 1. The molecule has 0 spiro atoms. The fourth-order valence-corrected chi connectivity index (χ4v) is 5.08. The molecule has 1 aromatic carbocycles. The molecule has 1 heterocycles. The Hall–Kier alpha value is -2.07. The highest BCUT2D eigenvalue weighted by atomic mass is 19.1. The lowest BCUT2D eigenvalue weighted by atomic mass is 9.73. The van der Waals surface area contributed by atoms with Crippen LogP contribution in [-0.4, -0.2) is 27.6 Å². The number of aromatic nitrogens is 1. The highest BCUT2D eigenvalue weighted by Crippen LogP contribution is 2.40. The number of halogens is 1. The van der Waals surface area contributed by atoms with Crippen LogP contribution in [0.25, 0.3) is 11.3 Å². The van der Waals surface area contributed by atoms with Gasteiger partial charge in [0.1, 0.15) is 5.60 Å². The highest BCUT2D eigenvalue weighted by molar-refractivity contribution is 5.91. The minimum atomic E-state index is -1.54. The molecule has 2 aromatic rings. The van der Waals surface area contributed by atoms with Crippen LogP contribution in [0.15, 0.2) is 42.6 Å². The SMILES string of the molecule is CCCCCCCc1ccc(-c2ccc([C@H]3CC[C@@](O)(C(=O)[C@@H](F)CCCC)CC3)cc2)nc1. The van der Waals surface area contributed by atoms with Crippen LogP contribution in [0.4, 0.5) is 4.39 Å². The second kappa shape index (κ2) is 13.1. The van der Waals surface area contributed by atoms with Crippen LogP contribution in [0.5, 0.6) is 0 Å². The fourth-order valence-electron chi connectivity index (χ4n) is 5.08. The van der Waals surface area contributed by atoms with Gasteiger partial charge >= 0.3 is 0 Å². The lowest BCUT2D eigenvalue weighted by Gasteiger charge is -2.35. The number of aryl methyl sites for hydroxylation is 1. The van der Waals surface area contributed by atoms with Crippen molar-refractivity contribution in [2.75, 3.05) is 0 Å². The van der Waals surface area contributed by atoms with Gasteiger partial charge in [0.05, 0.1) is 5.69 Å². The van der Waals surface area contributed by atoms with E-state index in [2.05, 4.69) is 48.3 Å². The standard InChI is InChI=1S/C30H42FNO2/c1-3-5-7-8-9-10-23-12-17-28(32-22-23)26-15-13-24(14-16-26)25-18-20-30(34,21-19-25)29(33)27(31)11-6-4-2/h12-17,22,25,27,34H,3-11,18-21H2,1-2H3/t25-,27-,30-/m0/s1. The van der Waals surface area contributed by atoms with E-state index in [-0.39, 0.29) is 6.42 Å². The van der Waals surface area contributed by atoms with Gasteiger partial charge in [-0.15, -0.1) is 0 Å². The Kier molecular flexibility index (Phi) is 10.2. The van der Waals surface area contributed by atoms with Gasteiger partial charge in [0.15, 0.2) is 12.0 Å². The molecule has 0 unspecified atom stereocenters. The van der Waals surface area contributed by atoms with Crippen LogP contribution in [0.2, 0.25) is 0 Å². The molecule has 1 atom stereocenters. The van der Waals surface area contributed by atoms with Crippen molar-refractivity contribution in [3.05, 3.63) is 53.7 Å². The molecule has 0 bridgehead atoms. The third-order valence-corrected chi connectivity index (χ3v) is 7.44. The van der Waals surface area contributed by atoms with Crippen molar-refractivity contribution >= 4 is 5.78 Å². The molecule has 3 nitrogen and oxygen atoms in total. The lowest BCUT2D eigenvalue weighted by Crippen LogP contribution is -2.46. The summed E-state index contributed by atoms with van der Waals surface area (Å²) in [6.07, 6.45) is 11.8. The van der Waals surface area contributed by atoms with Crippen molar-refractivity contribution in [2.24, 2.45) is 0 Å². The van der Waals surface area contributed by atoms with E-state index >= 15 is 0 Å². The summed E-state index contributed by atoms with van der Waals surface area (Å²) in [6.45, 7) is 4.22. The number of aliphatic hydroxyl groups is 1. The van der Waals surface area contributed by atoms with E-state index in [4.69, 9.17) is 0 Å². The molecule has 0 amide bonds. The molecule has 0 radical (unpaired) electrons. The second-order valence-corrected chi connectivity index (χ2v) is 10.1. The first-order valence-corrected chi connectivity index (χ1v) is 13.4. The summed E-state index contributed by atoms with van der Waals surface area (Å²) in [5.74, 6) is -0.316. The summed E-state index contributed by atoms with van der Waals surface area (Å²) in [5.41, 5.74) is 3.09. The Morgan fingerprint density at radius 2 is 1.68 bits per heavy atom. The molecule has 4 heteroatoms. The van der Waals surface area contributed by atoms with Gasteiger partial charge in [-0.3, -0.25) is 9.78 Å². The van der Waals surface area contributed by atoms with Crippen LogP contribution < -0.4 is 0 Å². The average Bonchev–Trinajstić information content (AvgIpc) is 2.87. The van der Waals surface area contributed by atoms with Crippen molar-refractivity contribution < 1.29 is 14.3 Å². The number of carbonyl (C=O) groups excluding carboxylic acids is 1. The number of pyridine rings is 1. The molecule has 3 rings (SSSR count). The first kappa shape index (κ1) is 26.5. The number of rotatable bonds is 13. The van der Waals surface area contributed by atoms with Crippen molar-refractivity contribution in [3.63, 3.8) is 0 Å². The Morgan fingerprint density at radius 3 is 2.29 bits per heavy atom. The van der Waals surface area contributed by atoms with Crippen LogP contribution >= 0.6 is 0 Å². The Balaban J connectivity index is 1.52. The number of hydrogen-bond donors (Lipinski definition) is 1. The highest BCUT2D eigenvalue weighted by Gasteiger charge is 2.43. The van der Waals surface area contributed by atoms with Crippen molar-refractivity contribution in [3.8, 4) is 11.3 Å². The third kappa shape index (κ3) is 7.21. The molecule has 1 aliphatic carbocycles. The smallest absolute Gasteiger partial charge is 0.198 e. The van der Waals surface area contributed by atoms with Gasteiger partial charge in [-0.2, -0.15) is 0 Å². The summed E-state index contributed by atoms with van der Waals surface area (Å²) in [4.78, 5) is 17.1. The minimum Gasteiger partial charge on any atom is -0.382 e. The van der Waals surface area contributed by atoms with Gasteiger partial charge in [-0.1, -0.05) is 82.7 Å². The molecule has 0 saturated heterocycles. The van der Waals surface area contributed by atoms with Gasteiger partial charge in [0, 0.05) is 11.8 Å². The Bertz CT molecular complexity index is 870. The van der Waals surface area contributed by atoms with E-state index < -0.39 is 17.6 Å². The molecule has 1 saturated carbocycles. The molecular weight excluding hydrogens is 425 g/mol. The molecular formula is C30H42FNO2. The monoisotopic (exact) mass is 467 g/mol. The van der Waals surface area contributed by atoms with Crippen LogP contribution in [-0.2, 0) is 11.2 Å². The van der Waals surface area contributed by atoms with Gasteiger partial charge in [0.2, 0.25) is 0 Å². The number of unbranched alkanes of at least 4 members (excludes halogenated alkanes) is 5. The zero-order chi connectivity index (χ0) is 24.4. The van der Waals surface area contributed by atoms with Crippen molar-refractivity contribution in [1.29, 1.82) is 0 Å². The zero-order valence-corrected chi connectivity index (χ0v) is 21.1. The number of ketones is 1. The molecule has 1 aliphatic rings. The summed E-state index contributed by atoms with van der Waals surface area (Å²) in [5, 5.41) is 10.8. The summed E-state index contributed by atoms with van der Waals surface area (Å²) in [7, 11) is 0. The normalized spacial score (nSPS) is 21.4. The van der Waals surface area contributed by atoms with E-state index in [1.807, 2.05) is 13.1 Å². The maximum Gasteiger partial charge on any atom is 0.198 e. The number of Topliss-reactive ketones (excluding diaryl/α,β-unsaturated/α-hetero) is 1. The molecule has 1 aromatic heterocycles. The van der Waals surface area contributed by atoms with E-state index in [0.717, 1.165) is 24.1 Å². The largest absolute Gasteiger partial charge is 0.382 e. The summed E-state index contributed by atoms with van der Waals surface area (Å²) >= 11 is 0. The van der Waals surface area contributed by atoms with E-state index in [1.165, 1.54) is 43.2 Å². The van der Waals surface area contributed by atoms with Gasteiger partial charge in [-0.25, -0.2) is 4.39 Å². The molecule has 0 aliphatic heterocycles. The Morgan fingerprint density at radius 1 is 1.00 bits per heavy atom. The van der Waals surface area contributed by atoms with Crippen LogP contribution in [0, 0.1) is 0 Å².